The molecule has 1 rings (SSSR count). The Labute approximate surface area is 88.8 Å². The maximum Gasteiger partial charge on any atom is 0.176 e. The van der Waals surface area contributed by atoms with E-state index in [2.05, 4.69) is 0 Å². The van der Waals surface area contributed by atoms with Gasteiger partial charge in [-0.05, 0) is 24.6 Å². The van der Waals surface area contributed by atoms with Crippen molar-refractivity contribution in [3.05, 3.63) is 23.3 Å². The van der Waals surface area contributed by atoms with Crippen molar-refractivity contribution in [2.75, 3.05) is 13.4 Å². The largest absolute Gasteiger partial charge is 0.496 e. The molecule has 1 aromatic rings. The number of aryl methyl sites for hydroxylation is 1. The van der Waals surface area contributed by atoms with Gasteiger partial charge in [0.15, 0.2) is 16.1 Å². The Morgan fingerprint density at radius 2 is 1.93 bits per heavy atom. The molecular weight excluding hydrogens is 216 g/mol. The van der Waals surface area contributed by atoms with Crippen LogP contribution in [0.15, 0.2) is 17.0 Å². The Morgan fingerprint density at radius 3 is 2.33 bits per heavy atom. The van der Waals surface area contributed by atoms with Gasteiger partial charge in [-0.3, -0.25) is 4.79 Å². The lowest BCUT2D eigenvalue weighted by molar-refractivity contribution is 0.112. The van der Waals surface area contributed by atoms with Crippen LogP contribution in [-0.4, -0.2) is 28.1 Å². The highest BCUT2D eigenvalue weighted by atomic mass is 32.2. The van der Waals surface area contributed by atoms with E-state index >= 15 is 0 Å². The van der Waals surface area contributed by atoms with Crippen LogP contribution < -0.4 is 4.74 Å². The summed E-state index contributed by atoms with van der Waals surface area (Å²) in [7, 11) is -1.91. The zero-order valence-corrected chi connectivity index (χ0v) is 9.59. The van der Waals surface area contributed by atoms with Gasteiger partial charge in [0.25, 0.3) is 0 Å². The van der Waals surface area contributed by atoms with E-state index in [1.54, 1.807) is 6.92 Å². The number of hydrogen-bond donors (Lipinski definition) is 0. The lowest BCUT2D eigenvalue weighted by Gasteiger charge is -2.08. The topological polar surface area (TPSA) is 60.4 Å². The molecule has 0 fully saturated rings. The molecule has 1 aromatic carbocycles. The van der Waals surface area contributed by atoms with E-state index < -0.39 is 9.84 Å². The fraction of sp³-hybridized carbons (Fsp3) is 0.300. The van der Waals surface area contributed by atoms with Crippen LogP contribution in [0.4, 0.5) is 0 Å². The Balaban J connectivity index is 3.55. The van der Waals surface area contributed by atoms with Crippen LogP contribution in [0, 0.1) is 6.92 Å². The quantitative estimate of drug-likeness (QED) is 0.730. The summed E-state index contributed by atoms with van der Waals surface area (Å²) in [6, 6.07) is 2.87. The van der Waals surface area contributed by atoms with E-state index in [1.807, 2.05) is 0 Å². The highest BCUT2D eigenvalue weighted by Gasteiger charge is 2.15. The third-order valence-electron chi connectivity index (χ3n) is 2.05. The Kier molecular flexibility index (Phi) is 3.14. The van der Waals surface area contributed by atoms with E-state index in [9.17, 15) is 13.2 Å². The van der Waals surface area contributed by atoms with E-state index in [-0.39, 0.29) is 10.5 Å². The second-order valence-corrected chi connectivity index (χ2v) is 5.23. The Morgan fingerprint density at radius 1 is 1.33 bits per heavy atom. The number of aldehydes is 1. The zero-order valence-electron chi connectivity index (χ0n) is 8.77. The first kappa shape index (κ1) is 11.7. The lowest BCUT2D eigenvalue weighted by atomic mass is 10.1. The van der Waals surface area contributed by atoms with Crippen molar-refractivity contribution in [1.82, 2.24) is 0 Å². The first-order chi connectivity index (χ1) is 6.90. The summed E-state index contributed by atoms with van der Waals surface area (Å²) in [6.07, 6.45) is 1.58. The molecule has 0 atom stereocenters. The van der Waals surface area contributed by atoms with Crippen LogP contribution in [-0.2, 0) is 9.84 Å². The van der Waals surface area contributed by atoms with Crippen LogP contribution in [0.5, 0.6) is 5.75 Å². The highest BCUT2D eigenvalue weighted by molar-refractivity contribution is 7.90. The predicted molar refractivity (Wildman–Crippen MR) is 56.2 cm³/mol. The van der Waals surface area contributed by atoms with Crippen LogP contribution in [0.3, 0.4) is 0 Å². The minimum Gasteiger partial charge on any atom is -0.496 e. The van der Waals surface area contributed by atoms with Gasteiger partial charge in [-0.15, -0.1) is 0 Å². The third kappa shape index (κ3) is 2.36. The van der Waals surface area contributed by atoms with Crippen LogP contribution in [0.1, 0.15) is 15.9 Å². The predicted octanol–water partition coefficient (Wildman–Crippen LogP) is 1.22. The lowest BCUT2D eigenvalue weighted by Crippen LogP contribution is -2.03. The molecule has 0 bridgehead atoms. The maximum atomic E-state index is 11.4. The van der Waals surface area contributed by atoms with Crippen molar-refractivity contribution in [2.45, 2.75) is 11.8 Å². The fourth-order valence-electron chi connectivity index (χ4n) is 1.31. The third-order valence-corrected chi connectivity index (χ3v) is 3.21. The molecule has 0 aliphatic carbocycles. The number of rotatable bonds is 3. The molecule has 0 aromatic heterocycles. The van der Waals surface area contributed by atoms with Crippen LogP contribution >= 0.6 is 0 Å². The molecule has 5 heteroatoms. The van der Waals surface area contributed by atoms with Gasteiger partial charge >= 0.3 is 0 Å². The van der Waals surface area contributed by atoms with Gasteiger partial charge in [0.05, 0.1) is 12.0 Å². The summed E-state index contributed by atoms with van der Waals surface area (Å²) in [5, 5.41) is 0. The molecule has 0 saturated heterocycles. The molecule has 0 amide bonds. The van der Waals surface area contributed by atoms with Gasteiger partial charge in [-0.1, -0.05) is 0 Å². The Hall–Kier alpha value is -1.36. The van der Waals surface area contributed by atoms with E-state index in [1.165, 1.54) is 19.2 Å². The van der Waals surface area contributed by atoms with Crippen molar-refractivity contribution in [3.63, 3.8) is 0 Å². The molecular formula is C10H12O4S. The molecule has 82 valence electrons. The number of carbonyl (C=O) groups excluding carboxylic acids is 1. The van der Waals surface area contributed by atoms with Crippen LogP contribution in [0.25, 0.3) is 0 Å². The number of ether oxygens (including phenoxy) is 1. The summed E-state index contributed by atoms with van der Waals surface area (Å²) < 4.78 is 27.7. The molecule has 0 heterocycles. The second-order valence-electron chi connectivity index (χ2n) is 3.25. The maximum absolute atomic E-state index is 11.4. The minimum atomic E-state index is -3.38. The van der Waals surface area contributed by atoms with Crippen molar-refractivity contribution < 1.29 is 17.9 Å². The number of benzene rings is 1. The summed E-state index contributed by atoms with van der Waals surface area (Å²) >= 11 is 0. The normalized spacial score (nSPS) is 11.1. The van der Waals surface area contributed by atoms with E-state index in [0.717, 1.165) is 6.26 Å². The summed E-state index contributed by atoms with van der Waals surface area (Å²) in [5.74, 6) is 0.504. The molecule has 0 saturated carbocycles. The average Bonchev–Trinajstić information content (AvgIpc) is 2.16. The van der Waals surface area contributed by atoms with Crippen molar-refractivity contribution >= 4 is 16.1 Å². The molecule has 0 radical (unpaired) electrons. The Bertz CT molecular complexity index is 488. The molecule has 0 N–H and O–H groups in total. The number of methoxy groups -OCH3 is 1. The molecule has 0 aliphatic rings. The van der Waals surface area contributed by atoms with E-state index in [0.29, 0.717) is 17.6 Å². The van der Waals surface area contributed by atoms with Gasteiger partial charge in [-0.2, -0.15) is 0 Å². The van der Waals surface area contributed by atoms with E-state index in [4.69, 9.17) is 4.74 Å². The summed E-state index contributed by atoms with van der Waals surface area (Å²) in [5.41, 5.74) is 0.809. The SMILES string of the molecule is COc1cc(C=O)c(S(C)(=O)=O)cc1C. The molecule has 0 aliphatic heterocycles. The second kappa shape index (κ2) is 4.02. The van der Waals surface area contributed by atoms with Gasteiger partial charge in [-0.25, -0.2) is 8.42 Å². The van der Waals surface area contributed by atoms with Gasteiger partial charge in [0, 0.05) is 11.8 Å². The smallest absolute Gasteiger partial charge is 0.176 e. The monoisotopic (exact) mass is 228 g/mol. The highest BCUT2D eigenvalue weighted by Crippen LogP contribution is 2.24. The van der Waals surface area contributed by atoms with Crippen molar-refractivity contribution in [2.24, 2.45) is 0 Å². The van der Waals surface area contributed by atoms with Gasteiger partial charge in [0.1, 0.15) is 5.75 Å². The first-order valence-corrected chi connectivity index (χ1v) is 6.13. The minimum absolute atomic E-state index is 0.0378. The van der Waals surface area contributed by atoms with Crippen molar-refractivity contribution in [1.29, 1.82) is 0 Å². The number of sulfone groups is 1. The summed E-state index contributed by atoms with van der Waals surface area (Å²) in [6.45, 7) is 1.72. The van der Waals surface area contributed by atoms with Gasteiger partial charge in [0.2, 0.25) is 0 Å². The average molecular weight is 228 g/mol. The number of carbonyl (C=O) groups is 1. The van der Waals surface area contributed by atoms with Crippen LogP contribution in [0.2, 0.25) is 0 Å². The number of hydrogen-bond acceptors (Lipinski definition) is 4. The van der Waals surface area contributed by atoms with Crippen molar-refractivity contribution in [3.8, 4) is 5.75 Å². The zero-order chi connectivity index (χ0) is 11.6. The molecule has 4 nitrogen and oxygen atoms in total. The fourth-order valence-corrected chi connectivity index (χ4v) is 2.24. The standard InChI is InChI=1S/C10H12O4S/c1-7-4-10(15(3,12)13)8(6-11)5-9(7)14-2/h4-6H,1-3H3. The molecule has 0 unspecified atom stereocenters. The molecule has 15 heavy (non-hydrogen) atoms. The summed E-state index contributed by atoms with van der Waals surface area (Å²) in [4.78, 5) is 10.8. The van der Waals surface area contributed by atoms with Gasteiger partial charge < -0.3 is 4.74 Å². The molecule has 0 spiro atoms. The first-order valence-electron chi connectivity index (χ1n) is 4.24.